The molecule has 2 aromatic rings. The van der Waals surface area contributed by atoms with E-state index in [1.165, 1.54) is 11.1 Å². The summed E-state index contributed by atoms with van der Waals surface area (Å²) in [6, 6.07) is 17.6. The van der Waals surface area contributed by atoms with E-state index >= 15 is 0 Å². The van der Waals surface area contributed by atoms with Crippen LogP contribution in [0.25, 0.3) is 5.57 Å². The molecule has 3 rings (SSSR count). The van der Waals surface area contributed by atoms with Gasteiger partial charge in [-0.1, -0.05) is 36.4 Å². The molecule has 1 aliphatic heterocycles. The molecule has 0 saturated carbocycles. The van der Waals surface area contributed by atoms with Gasteiger partial charge in [-0.25, -0.2) is 4.79 Å². The van der Waals surface area contributed by atoms with Crippen LogP contribution in [0, 0.1) is 0 Å². The van der Waals surface area contributed by atoms with Crippen molar-refractivity contribution in [1.82, 2.24) is 4.90 Å². The Balaban J connectivity index is 1.60. The molecular weight excluding hydrogens is 288 g/mol. The van der Waals surface area contributed by atoms with Crippen LogP contribution in [0.2, 0.25) is 0 Å². The number of amides is 2. The molecule has 2 aromatic carbocycles. The number of anilines is 1. The molecule has 0 atom stereocenters. The summed E-state index contributed by atoms with van der Waals surface area (Å²) in [4.78, 5) is 14.1. The van der Waals surface area contributed by atoms with Crippen LogP contribution < -0.4 is 10.1 Å². The highest BCUT2D eigenvalue weighted by Gasteiger charge is 2.17. The standard InChI is InChI=1S/C19H20N2O2/c1-23-18-9-7-17(8-10-18)20-19(22)21-13-11-16(12-14-21)15-5-3-2-4-6-15/h2-11H,12-14H2,1H3,(H,20,22). The van der Waals surface area contributed by atoms with Crippen LogP contribution in [0.5, 0.6) is 5.75 Å². The summed E-state index contributed by atoms with van der Waals surface area (Å²) in [5, 5.41) is 2.92. The van der Waals surface area contributed by atoms with Crippen molar-refractivity contribution in [2.24, 2.45) is 0 Å². The smallest absolute Gasteiger partial charge is 0.322 e. The van der Waals surface area contributed by atoms with E-state index in [1.807, 2.05) is 47.4 Å². The molecule has 1 N–H and O–H groups in total. The van der Waals surface area contributed by atoms with Crippen molar-refractivity contribution in [2.45, 2.75) is 6.42 Å². The summed E-state index contributed by atoms with van der Waals surface area (Å²) in [7, 11) is 1.62. The minimum atomic E-state index is -0.0708. The highest BCUT2D eigenvalue weighted by molar-refractivity contribution is 5.90. The first-order chi connectivity index (χ1) is 11.3. The quantitative estimate of drug-likeness (QED) is 0.930. The van der Waals surface area contributed by atoms with Gasteiger partial charge in [-0.3, -0.25) is 0 Å². The molecule has 0 saturated heterocycles. The van der Waals surface area contributed by atoms with Gasteiger partial charge in [-0.2, -0.15) is 0 Å². The molecule has 1 aliphatic rings. The minimum Gasteiger partial charge on any atom is -0.497 e. The summed E-state index contributed by atoms with van der Waals surface area (Å²) in [6.07, 6.45) is 3.01. The summed E-state index contributed by atoms with van der Waals surface area (Å²) >= 11 is 0. The van der Waals surface area contributed by atoms with E-state index in [1.54, 1.807) is 7.11 Å². The monoisotopic (exact) mass is 308 g/mol. The average Bonchev–Trinajstić information content (AvgIpc) is 2.63. The van der Waals surface area contributed by atoms with E-state index in [0.717, 1.165) is 24.4 Å². The lowest BCUT2D eigenvalue weighted by Gasteiger charge is -2.27. The van der Waals surface area contributed by atoms with Gasteiger partial charge >= 0.3 is 6.03 Å². The summed E-state index contributed by atoms with van der Waals surface area (Å²) < 4.78 is 5.11. The van der Waals surface area contributed by atoms with Crippen LogP contribution in [0.1, 0.15) is 12.0 Å². The second kappa shape index (κ2) is 7.01. The largest absolute Gasteiger partial charge is 0.497 e. The van der Waals surface area contributed by atoms with Crippen LogP contribution in [0.4, 0.5) is 10.5 Å². The number of ether oxygens (including phenoxy) is 1. The van der Waals surface area contributed by atoms with Crippen molar-refractivity contribution in [2.75, 3.05) is 25.5 Å². The molecule has 0 unspecified atom stereocenters. The van der Waals surface area contributed by atoms with Gasteiger partial charge < -0.3 is 15.0 Å². The van der Waals surface area contributed by atoms with Gasteiger partial charge in [0.15, 0.2) is 0 Å². The number of methoxy groups -OCH3 is 1. The van der Waals surface area contributed by atoms with Crippen molar-refractivity contribution >= 4 is 17.3 Å². The van der Waals surface area contributed by atoms with E-state index in [-0.39, 0.29) is 6.03 Å². The number of hydrogen-bond donors (Lipinski definition) is 1. The van der Waals surface area contributed by atoms with E-state index in [4.69, 9.17) is 4.74 Å². The Kier molecular flexibility index (Phi) is 4.62. The summed E-state index contributed by atoms with van der Waals surface area (Å²) in [6.45, 7) is 1.36. The fourth-order valence-corrected chi connectivity index (χ4v) is 2.64. The number of urea groups is 1. The summed E-state index contributed by atoms with van der Waals surface area (Å²) in [5.74, 6) is 0.774. The number of carbonyl (C=O) groups is 1. The van der Waals surface area contributed by atoms with Crippen LogP contribution in [0.3, 0.4) is 0 Å². The van der Waals surface area contributed by atoms with Crippen molar-refractivity contribution < 1.29 is 9.53 Å². The maximum absolute atomic E-state index is 12.3. The first-order valence-corrected chi connectivity index (χ1v) is 7.71. The maximum atomic E-state index is 12.3. The Bertz CT molecular complexity index is 693. The van der Waals surface area contributed by atoms with Gasteiger partial charge in [0.25, 0.3) is 0 Å². The molecule has 1 heterocycles. The average molecular weight is 308 g/mol. The predicted octanol–water partition coefficient (Wildman–Crippen LogP) is 4.02. The lowest BCUT2D eigenvalue weighted by molar-refractivity contribution is 0.217. The van der Waals surface area contributed by atoms with Gasteiger partial charge in [0.1, 0.15) is 5.75 Å². The molecule has 0 fully saturated rings. The Morgan fingerprint density at radius 3 is 2.43 bits per heavy atom. The van der Waals surface area contributed by atoms with Crippen molar-refractivity contribution in [3.8, 4) is 5.75 Å². The molecule has 4 nitrogen and oxygen atoms in total. The lowest BCUT2D eigenvalue weighted by Crippen LogP contribution is -2.37. The highest BCUT2D eigenvalue weighted by Crippen LogP contribution is 2.22. The fraction of sp³-hybridized carbons (Fsp3) is 0.211. The number of nitrogens with one attached hydrogen (secondary N) is 1. The third-order valence-corrected chi connectivity index (χ3v) is 3.98. The van der Waals surface area contributed by atoms with Gasteiger partial charge in [-0.05, 0) is 41.8 Å². The Labute approximate surface area is 136 Å². The molecule has 0 spiro atoms. The third kappa shape index (κ3) is 3.72. The molecule has 0 aliphatic carbocycles. The fourth-order valence-electron chi connectivity index (χ4n) is 2.64. The predicted molar refractivity (Wildman–Crippen MR) is 92.6 cm³/mol. The third-order valence-electron chi connectivity index (χ3n) is 3.98. The molecule has 0 bridgehead atoms. The lowest BCUT2D eigenvalue weighted by atomic mass is 10.00. The maximum Gasteiger partial charge on any atom is 0.322 e. The number of carbonyl (C=O) groups excluding carboxylic acids is 1. The number of rotatable bonds is 3. The first-order valence-electron chi connectivity index (χ1n) is 7.71. The molecule has 0 radical (unpaired) electrons. The second-order valence-corrected chi connectivity index (χ2v) is 5.45. The van der Waals surface area contributed by atoms with Crippen LogP contribution in [0.15, 0.2) is 60.7 Å². The van der Waals surface area contributed by atoms with Crippen molar-refractivity contribution in [3.05, 3.63) is 66.2 Å². The summed E-state index contributed by atoms with van der Waals surface area (Å²) in [5.41, 5.74) is 3.32. The Morgan fingerprint density at radius 2 is 1.83 bits per heavy atom. The Morgan fingerprint density at radius 1 is 1.09 bits per heavy atom. The number of nitrogens with zero attached hydrogens (tertiary/aromatic N) is 1. The van der Waals surface area contributed by atoms with Gasteiger partial charge in [0, 0.05) is 18.8 Å². The molecule has 118 valence electrons. The molecule has 4 heteroatoms. The number of hydrogen-bond acceptors (Lipinski definition) is 2. The van der Waals surface area contributed by atoms with E-state index < -0.39 is 0 Å². The topological polar surface area (TPSA) is 41.6 Å². The highest BCUT2D eigenvalue weighted by atomic mass is 16.5. The number of benzene rings is 2. The minimum absolute atomic E-state index is 0.0708. The van der Waals surface area contributed by atoms with Crippen molar-refractivity contribution in [1.29, 1.82) is 0 Å². The van der Waals surface area contributed by atoms with Gasteiger partial charge in [0.05, 0.1) is 7.11 Å². The van der Waals surface area contributed by atoms with E-state index in [9.17, 15) is 4.79 Å². The van der Waals surface area contributed by atoms with Gasteiger partial charge in [0.2, 0.25) is 0 Å². The SMILES string of the molecule is COc1ccc(NC(=O)N2CC=C(c3ccccc3)CC2)cc1. The van der Waals surface area contributed by atoms with E-state index in [0.29, 0.717) is 6.54 Å². The van der Waals surface area contributed by atoms with E-state index in [2.05, 4.69) is 23.5 Å². The normalized spacial score (nSPS) is 14.1. The Hall–Kier alpha value is -2.75. The molecule has 0 aromatic heterocycles. The van der Waals surface area contributed by atoms with Crippen LogP contribution in [-0.2, 0) is 0 Å². The first kappa shape index (κ1) is 15.2. The second-order valence-electron chi connectivity index (χ2n) is 5.45. The van der Waals surface area contributed by atoms with Crippen LogP contribution in [-0.4, -0.2) is 31.1 Å². The van der Waals surface area contributed by atoms with Crippen molar-refractivity contribution in [3.63, 3.8) is 0 Å². The zero-order valence-electron chi connectivity index (χ0n) is 13.2. The van der Waals surface area contributed by atoms with Gasteiger partial charge in [-0.15, -0.1) is 0 Å². The molecule has 23 heavy (non-hydrogen) atoms. The zero-order valence-corrected chi connectivity index (χ0v) is 13.2. The van der Waals surface area contributed by atoms with Crippen LogP contribution >= 0.6 is 0 Å². The zero-order chi connectivity index (χ0) is 16.1. The molecule has 2 amide bonds. The molecular formula is C19H20N2O2.